The molecular formula is C30H64O5Si3. The average Bonchev–Trinajstić information content (AvgIpc) is 3.17. The van der Waals surface area contributed by atoms with Gasteiger partial charge in [0, 0.05) is 18.4 Å². The first kappa shape index (κ1) is 36.0. The van der Waals surface area contributed by atoms with Crippen LogP contribution >= 0.6 is 0 Å². The molecule has 0 aromatic carbocycles. The maximum absolute atomic E-state index is 11.6. The van der Waals surface area contributed by atoms with E-state index in [9.17, 15) is 4.79 Å². The molecule has 0 bridgehead atoms. The molecule has 0 aliphatic heterocycles. The summed E-state index contributed by atoms with van der Waals surface area (Å²) in [6.07, 6.45) is 15.3. The van der Waals surface area contributed by atoms with E-state index in [1.54, 1.807) is 0 Å². The second-order valence-electron chi connectivity index (χ2n) is 14.5. The van der Waals surface area contributed by atoms with E-state index in [1.165, 1.54) is 45.6 Å². The molecular weight excluding hydrogens is 525 g/mol. The van der Waals surface area contributed by atoms with Gasteiger partial charge in [-0.1, -0.05) is 51.9 Å². The molecule has 0 aromatic heterocycles. The highest BCUT2D eigenvalue weighted by Crippen LogP contribution is 2.45. The van der Waals surface area contributed by atoms with E-state index in [1.807, 2.05) is 0 Å². The molecule has 226 valence electrons. The van der Waals surface area contributed by atoms with Crippen molar-refractivity contribution in [1.29, 1.82) is 0 Å². The predicted molar refractivity (Wildman–Crippen MR) is 169 cm³/mol. The minimum absolute atomic E-state index is 0.107. The van der Waals surface area contributed by atoms with E-state index >= 15 is 0 Å². The zero-order valence-corrected chi connectivity index (χ0v) is 30.1. The van der Waals surface area contributed by atoms with Gasteiger partial charge >= 0.3 is 5.97 Å². The highest BCUT2D eigenvalue weighted by Gasteiger charge is 2.48. The number of ether oxygens (including phenoxy) is 1. The molecule has 1 aliphatic carbocycles. The van der Waals surface area contributed by atoms with Crippen molar-refractivity contribution >= 4 is 30.9 Å². The average molecular weight is 589 g/mol. The van der Waals surface area contributed by atoms with Crippen LogP contribution in [-0.2, 0) is 22.8 Å². The number of rotatable bonds is 20. The van der Waals surface area contributed by atoms with Gasteiger partial charge in [0.15, 0.2) is 25.0 Å². The van der Waals surface area contributed by atoms with Gasteiger partial charge in [0.1, 0.15) is 0 Å². The van der Waals surface area contributed by atoms with Crippen LogP contribution in [0.1, 0.15) is 90.4 Å². The van der Waals surface area contributed by atoms with Gasteiger partial charge in [-0.05, 0) is 96.9 Å². The molecule has 38 heavy (non-hydrogen) atoms. The van der Waals surface area contributed by atoms with E-state index in [0.717, 1.165) is 38.5 Å². The van der Waals surface area contributed by atoms with Crippen LogP contribution in [0.4, 0.5) is 0 Å². The Bertz CT molecular complexity index is 654. The second kappa shape index (κ2) is 17.1. The van der Waals surface area contributed by atoms with E-state index in [0.29, 0.717) is 24.4 Å². The van der Waals surface area contributed by atoms with Crippen molar-refractivity contribution in [3.63, 3.8) is 0 Å². The van der Waals surface area contributed by atoms with Crippen molar-refractivity contribution in [2.24, 2.45) is 11.8 Å². The monoisotopic (exact) mass is 588 g/mol. The van der Waals surface area contributed by atoms with Gasteiger partial charge in [-0.2, -0.15) is 0 Å². The lowest BCUT2D eigenvalue weighted by Crippen LogP contribution is -2.48. The molecule has 0 radical (unpaired) electrons. The van der Waals surface area contributed by atoms with Crippen molar-refractivity contribution in [2.45, 2.75) is 168 Å². The third-order valence-electron chi connectivity index (χ3n) is 7.32. The standard InChI is InChI=1S/C30H64O5Si3/c1-12-13-14-15-17-20-26(33-36(3,4)5)25-23-24-28(35-38(9,10)11)30(25)27(34-37(6,7)8)21-18-16-19-22-29(31)32-2/h25-28,30H,12-24H2,1-11H3. The Hall–Kier alpha value is 0.000649. The normalized spacial score (nSPS) is 22.4. The quantitative estimate of drug-likeness (QED) is 0.0806. The Morgan fingerprint density at radius 1 is 0.711 bits per heavy atom. The van der Waals surface area contributed by atoms with E-state index < -0.39 is 25.0 Å². The van der Waals surface area contributed by atoms with Crippen molar-refractivity contribution in [3.8, 4) is 0 Å². The summed E-state index contributed by atoms with van der Waals surface area (Å²) in [5.41, 5.74) is 0. The van der Waals surface area contributed by atoms with Gasteiger partial charge < -0.3 is 18.0 Å². The van der Waals surface area contributed by atoms with E-state index in [2.05, 4.69) is 65.8 Å². The summed E-state index contributed by atoms with van der Waals surface area (Å²) in [7, 11) is -3.71. The number of esters is 1. The van der Waals surface area contributed by atoms with Gasteiger partial charge in [0.2, 0.25) is 0 Å². The lowest BCUT2D eigenvalue weighted by Gasteiger charge is -2.42. The SMILES string of the molecule is CCCCCCCC(O[Si](C)(C)C)C1CCC(O[Si](C)(C)C)C1C(CCCCCC(=O)OC)O[Si](C)(C)C. The Labute approximate surface area is 239 Å². The van der Waals surface area contributed by atoms with Gasteiger partial charge in [-0.3, -0.25) is 4.79 Å². The van der Waals surface area contributed by atoms with Crippen molar-refractivity contribution in [1.82, 2.24) is 0 Å². The Morgan fingerprint density at radius 2 is 1.24 bits per heavy atom. The fourth-order valence-electron chi connectivity index (χ4n) is 6.00. The van der Waals surface area contributed by atoms with Crippen LogP contribution in [0.15, 0.2) is 0 Å². The summed E-state index contributed by atoms with van der Waals surface area (Å²) in [6, 6.07) is 0. The van der Waals surface area contributed by atoms with Crippen molar-refractivity contribution in [2.75, 3.05) is 7.11 Å². The first-order valence-corrected chi connectivity index (χ1v) is 25.9. The molecule has 0 amide bonds. The zero-order valence-electron chi connectivity index (χ0n) is 27.1. The molecule has 8 heteroatoms. The minimum atomic E-state index is -1.77. The van der Waals surface area contributed by atoms with E-state index in [-0.39, 0.29) is 18.2 Å². The molecule has 1 fully saturated rings. The lowest BCUT2D eigenvalue weighted by molar-refractivity contribution is -0.140. The molecule has 1 rings (SSSR count). The number of methoxy groups -OCH3 is 1. The fourth-order valence-corrected chi connectivity index (χ4v) is 9.57. The summed E-state index contributed by atoms with van der Waals surface area (Å²) in [5.74, 6) is 0.765. The molecule has 0 aromatic rings. The highest BCUT2D eigenvalue weighted by molar-refractivity contribution is 6.70. The highest BCUT2D eigenvalue weighted by atomic mass is 28.4. The Morgan fingerprint density at radius 3 is 1.76 bits per heavy atom. The van der Waals surface area contributed by atoms with Gasteiger partial charge in [0.05, 0.1) is 19.3 Å². The molecule has 1 saturated carbocycles. The fraction of sp³-hybridized carbons (Fsp3) is 0.967. The maximum Gasteiger partial charge on any atom is 0.305 e. The molecule has 0 spiro atoms. The first-order valence-electron chi connectivity index (χ1n) is 15.7. The summed E-state index contributed by atoms with van der Waals surface area (Å²) in [6.45, 7) is 23.2. The van der Waals surface area contributed by atoms with Crippen LogP contribution in [0, 0.1) is 11.8 Å². The maximum atomic E-state index is 11.6. The number of carbonyl (C=O) groups excluding carboxylic acids is 1. The van der Waals surface area contributed by atoms with Gasteiger partial charge in [-0.15, -0.1) is 0 Å². The molecule has 0 heterocycles. The Kier molecular flexibility index (Phi) is 16.2. The number of hydrogen-bond donors (Lipinski definition) is 0. The summed E-state index contributed by atoms with van der Waals surface area (Å²) < 4.78 is 25.8. The third-order valence-corrected chi connectivity index (χ3v) is 10.3. The number of hydrogen-bond acceptors (Lipinski definition) is 5. The van der Waals surface area contributed by atoms with Gasteiger partial charge in [-0.25, -0.2) is 0 Å². The van der Waals surface area contributed by atoms with E-state index in [4.69, 9.17) is 18.0 Å². The van der Waals surface area contributed by atoms with Crippen LogP contribution in [0.2, 0.25) is 58.9 Å². The van der Waals surface area contributed by atoms with Gasteiger partial charge in [0.25, 0.3) is 0 Å². The smallest absolute Gasteiger partial charge is 0.305 e. The third kappa shape index (κ3) is 15.7. The van der Waals surface area contributed by atoms with Crippen LogP contribution in [0.5, 0.6) is 0 Å². The topological polar surface area (TPSA) is 54.0 Å². The largest absolute Gasteiger partial charge is 0.469 e. The summed E-state index contributed by atoms with van der Waals surface area (Å²) in [4.78, 5) is 11.6. The zero-order chi connectivity index (χ0) is 29.0. The lowest BCUT2D eigenvalue weighted by atomic mass is 9.82. The Balaban J connectivity index is 3.18. The first-order chi connectivity index (χ1) is 17.6. The summed E-state index contributed by atoms with van der Waals surface area (Å²) in [5, 5.41) is 0. The van der Waals surface area contributed by atoms with Crippen molar-refractivity contribution < 1.29 is 22.8 Å². The number of carbonyl (C=O) groups is 1. The molecule has 0 saturated heterocycles. The predicted octanol–water partition coefficient (Wildman–Crippen LogP) is 9.16. The van der Waals surface area contributed by atoms with Crippen LogP contribution in [0.3, 0.4) is 0 Å². The molecule has 5 nitrogen and oxygen atoms in total. The minimum Gasteiger partial charge on any atom is -0.469 e. The molecule has 1 aliphatic rings. The summed E-state index contributed by atoms with van der Waals surface area (Å²) >= 11 is 0. The van der Waals surface area contributed by atoms with Crippen molar-refractivity contribution in [3.05, 3.63) is 0 Å². The van der Waals surface area contributed by atoms with Crippen LogP contribution in [0.25, 0.3) is 0 Å². The molecule has 5 unspecified atom stereocenters. The number of unbranched alkanes of at least 4 members (excludes halogenated alkanes) is 6. The van der Waals surface area contributed by atoms with Crippen LogP contribution in [-0.4, -0.2) is 56.3 Å². The second-order valence-corrected chi connectivity index (χ2v) is 27.9. The molecule has 5 atom stereocenters. The molecule has 0 N–H and O–H groups in total. The van der Waals surface area contributed by atoms with Crippen LogP contribution < -0.4 is 0 Å².